The Morgan fingerprint density at radius 3 is 2.04 bits per heavy atom. The van der Waals surface area contributed by atoms with Gasteiger partial charge in [0.05, 0.1) is 5.58 Å². The topological polar surface area (TPSA) is 51.8 Å². The van der Waals surface area contributed by atoms with Crippen LogP contribution in [0.25, 0.3) is 44.6 Å². The summed E-state index contributed by atoms with van der Waals surface area (Å²) in [6, 6.07) is 27.7. The Bertz CT molecular complexity index is 2050. The summed E-state index contributed by atoms with van der Waals surface area (Å²) < 4.78 is 7.43. The predicted octanol–water partition coefficient (Wildman–Crippen LogP) is 11.5. The zero-order chi connectivity index (χ0) is 34.7. The van der Waals surface area contributed by atoms with Crippen LogP contribution in [-0.4, -0.2) is 28.2 Å². The summed E-state index contributed by atoms with van der Waals surface area (Å²) in [4.78, 5) is 14.1. The number of rotatable bonds is 8. The molecule has 0 amide bonds. The zero-order valence-electron chi connectivity index (χ0n) is 30.9. The van der Waals surface area contributed by atoms with E-state index < -0.39 is 13.3 Å². The Morgan fingerprint density at radius 1 is 0.745 bits per heavy atom. The maximum Gasteiger partial charge on any atom is 0 e. The number of fused-ring (bicyclic) bond motifs is 3. The molecule has 2 aliphatic carbocycles. The molecule has 0 N–H and O–H groups in total. The van der Waals surface area contributed by atoms with Crippen LogP contribution >= 0.6 is 0 Å². The van der Waals surface area contributed by atoms with Gasteiger partial charge in [0.15, 0.2) is 5.71 Å². The third-order valence-electron chi connectivity index (χ3n) is 10.8. The predicted molar refractivity (Wildman–Crippen MR) is 210 cm³/mol. The average Bonchev–Trinajstić information content (AvgIpc) is 3.90. The van der Waals surface area contributed by atoms with E-state index in [1.807, 2.05) is 36.5 Å². The van der Waals surface area contributed by atoms with Gasteiger partial charge in [-0.15, -0.1) is 6.07 Å². The zero-order valence-corrected chi connectivity index (χ0v) is 35.4. The minimum absolute atomic E-state index is 0. The number of furan rings is 1. The first-order valence-corrected chi connectivity index (χ1v) is 26.2. The molecule has 0 atom stereocenters. The molecule has 2 aromatic carbocycles. The summed E-state index contributed by atoms with van der Waals surface area (Å²) in [5.74, 6) is 9.62. The Labute approximate surface area is 321 Å². The average molecular weight is 915 g/mol. The summed E-state index contributed by atoms with van der Waals surface area (Å²) >= 11 is -1.87. The van der Waals surface area contributed by atoms with Gasteiger partial charge in [-0.3, -0.25) is 4.98 Å². The molecule has 0 saturated heterocycles. The molecule has 6 aromatic rings. The number of aromatic nitrogens is 3. The molecule has 0 bridgehead atoms. The van der Waals surface area contributed by atoms with Gasteiger partial charge in [-0.25, -0.2) is 0 Å². The number of nitrogens with zero attached hydrogens (tertiary/aromatic N) is 3. The van der Waals surface area contributed by atoms with Crippen molar-refractivity contribution in [2.75, 3.05) is 0 Å². The number of para-hydroxylation sites is 1. The van der Waals surface area contributed by atoms with Gasteiger partial charge < -0.3 is 9.40 Å². The smallest absolute Gasteiger partial charge is 0 e. The van der Waals surface area contributed by atoms with E-state index >= 15 is 0 Å². The molecule has 4 heterocycles. The first-order valence-electron chi connectivity index (χ1n) is 18.9. The van der Waals surface area contributed by atoms with Gasteiger partial charge in [0.1, 0.15) is 0 Å². The molecule has 4 aromatic heterocycles. The molecule has 8 rings (SSSR count). The van der Waals surface area contributed by atoms with E-state index in [0.717, 1.165) is 57.1 Å². The van der Waals surface area contributed by atoms with Crippen LogP contribution in [0.1, 0.15) is 87.8 Å². The van der Waals surface area contributed by atoms with Crippen LogP contribution in [0, 0.1) is 24.0 Å². The molecule has 2 fully saturated rings. The molecule has 4 nitrogen and oxygen atoms in total. The molecule has 51 heavy (non-hydrogen) atoms. The van der Waals surface area contributed by atoms with Gasteiger partial charge in [0, 0.05) is 32.0 Å². The Balaban J connectivity index is 0.000000178. The fourth-order valence-electron chi connectivity index (χ4n) is 8.11. The van der Waals surface area contributed by atoms with Crippen LogP contribution in [0.4, 0.5) is 0 Å². The van der Waals surface area contributed by atoms with Crippen LogP contribution in [0.3, 0.4) is 0 Å². The number of pyridine rings is 3. The van der Waals surface area contributed by atoms with Crippen molar-refractivity contribution in [1.82, 2.24) is 15.0 Å². The van der Waals surface area contributed by atoms with Crippen LogP contribution < -0.4 is 4.40 Å². The first kappa shape index (κ1) is 37.6. The van der Waals surface area contributed by atoms with Crippen LogP contribution in [-0.2, 0) is 32.9 Å². The summed E-state index contributed by atoms with van der Waals surface area (Å²) in [5, 5.41) is 1.98. The third kappa shape index (κ3) is 8.92. The molecule has 1 radical (unpaired) electrons. The van der Waals surface area contributed by atoms with Gasteiger partial charge >= 0.3 is 137 Å². The van der Waals surface area contributed by atoms with Gasteiger partial charge in [-0.2, -0.15) is 0 Å². The standard InChI is InChI=1S/C25H25N2O.C20H26GeN.Ir/c1-16(2)22-15-26-23(13-18(22)11-17-7-3-4-8-17)19-12-21-20-9-5-6-10-24(20)28-25(21)27-14-19;1-21(2,3)19-15-22-20(17-11-5-4-6-12-17)14-18(19)13-16-9-7-8-10-16;/h5-6,9-10,13-17H,3-4,7-8,11H2,1-2H3;4-6,11,14-16H,7-10,13H2,1-3H3;/q2*-1;. The second-order valence-corrected chi connectivity index (χ2v) is 26.5. The van der Waals surface area contributed by atoms with Crippen molar-refractivity contribution in [1.29, 1.82) is 0 Å². The fraction of sp³-hybridized carbons (Fsp3) is 0.400. The maximum atomic E-state index is 5.84. The van der Waals surface area contributed by atoms with Gasteiger partial charge in [-0.05, 0) is 47.0 Å². The number of hydrogen-bond acceptors (Lipinski definition) is 4. The van der Waals surface area contributed by atoms with E-state index in [9.17, 15) is 0 Å². The fourth-order valence-corrected chi connectivity index (χ4v) is 11.4. The second-order valence-electron chi connectivity index (χ2n) is 16.0. The van der Waals surface area contributed by atoms with Crippen molar-refractivity contribution in [2.45, 2.75) is 101 Å². The first-order chi connectivity index (χ1) is 24.2. The Hall–Kier alpha value is -3.12. The minimum atomic E-state index is -1.87. The quantitative estimate of drug-likeness (QED) is 0.113. The van der Waals surface area contributed by atoms with E-state index in [1.54, 1.807) is 9.96 Å². The van der Waals surface area contributed by atoms with Crippen molar-refractivity contribution in [3.05, 3.63) is 108 Å². The molecule has 6 heteroatoms. The molecule has 0 unspecified atom stereocenters. The van der Waals surface area contributed by atoms with Crippen LogP contribution in [0.15, 0.2) is 83.7 Å². The third-order valence-corrected chi connectivity index (χ3v) is 15.2. The van der Waals surface area contributed by atoms with Crippen molar-refractivity contribution in [3.63, 3.8) is 0 Å². The summed E-state index contributed by atoms with van der Waals surface area (Å²) in [6.45, 7) is 4.51. The van der Waals surface area contributed by atoms with E-state index in [0.29, 0.717) is 11.6 Å². The Morgan fingerprint density at radius 2 is 1.37 bits per heavy atom. The van der Waals surface area contributed by atoms with E-state index in [-0.39, 0.29) is 20.1 Å². The molecule has 0 aliphatic heterocycles. The maximum absolute atomic E-state index is 5.84. The van der Waals surface area contributed by atoms with E-state index in [2.05, 4.69) is 91.0 Å². The molecule has 267 valence electrons. The van der Waals surface area contributed by atoms with Crippen LogP contribution in [0.5, 0.6) is 0 Å². The van der Waals surface area contributed by atoms with E-state index in [1.165, 1.54) is 68.9 Å². The molecule has 0 spiro atoms. The molecular weight excluding hydrogens is 863 g/mol. The van der Waals surface area contributed by atoms with Crippen molar-refractivity contribution >= 4 is 39.7 Å². The SMILES string of the molecule is CC(C)c1cnc(-c2[c-]c3c(nc2)oc2ccccc23)cc1CC1CCCC1.[CH3][Ge]([CH3])([CH3])[c]1cnc(-c2[c-]cccc2)cc1CC1CCCC1.[Ir]. The van der Waals surface area contributed by atoms with Gasteiger partial charge in [0.2, 0.25) is 0 Å². The van der Waals surface area contributed by atoms with Gasteiger partial charge in [-0.1, -0.05) is 74.7 Å². The van der Waals surface area contributed by atoms with Crippen molar-refractivity contribution in [3.8, 4) is 22.5 Å². The molecule has 2 aliphatic rings. The summed E-state index contributed by atoms with van der Waals surface area (Å²) in [5.41, 5.74) is 9.96. The normalized spacial score (nSPS) is 15.3. The summed E-state index contributed by atoms with van der Waals surface area (Å²) in [6.07, 6.45) is 19.6. The van der Waals surface area contributed by atoms with Gasteiger partial charge in [0.25, 0.3) is 0 Å². The monoisotopic (exact) mass is 916 g/mol. The summed E-state index contributed by atoms with van der Waals surface area (Å²) in [7, 11) is 0. The Kier molecular flexibility index (Phi) is 12.3. The largest absolute Gasteiger partial charge is 0 e. The van der Waals surface area contributed by atoms with E-state index in [4.69, 9.17) is 14.4 Å². The van der Waals surface area contributed by atoms with Crippen molar-refractivity contribution < 1.29 is 24.5 Å². The van der Waals surface area contributed by atoms with Crippen LogP contribution in [0.2, 0.25) is 17.3 Å². The minimum Gasteiger partial charge on any atom is 0 e. The number of benzene rings is 2. The second kappa shape index (κ2) is 16.7. The number of hydrogen-bond donors (Lipinski definition) is 0. The molecule has 2 saturated carbocycles. The van der Waals surface area contributed by atoms with Crippen molar-refractivity contribution in [2.24, 2.45) is 11.8 Å². The molecular formula is C45H51GeIrN3O-2.